The first-order chi connectivity index (χ1) is 11.7. The molecule has 0 fully saturated rings. The molecule has 0 radical (unpaired) electrons. The van der Waals surface area contributed by atoms with E-state index in [0.29, 0.717) is 36.7 Å². The summed E-state index contributed by atoms with van der Waals surface area (Å²) in [7, 11) is 3.13. The third kappa shape index (κ3) is 5.66. The number of rotatable bonds is 8. The lowest BCUT2D eigenvalue weighted by atomic mass is 10.1. The van der Waals surface area contributed by atoms with E-state index in [9.17, 15) is 4.79 Å². The van der Waals surface area contributed by atoms with Gasteiger partial charge in [-0.1, -0.05) is 30.3 Å². The molecule has 0 bridgehead atoms. The Labute approximate surface area is 155 Å². The zero-order chi connectivity index (χ0) is 17.4. The van der Waals surface area contributed by atoms with Gasteiger partial charge in [-0.3, -0.25) is 4.79 Å². The Kier molecular flexibility index (Phi) is 8.81. The molecule has 0 aliphatic rings. The normalized spacial score (nSPS) is 9.88. The number of nitrogens with two attached hydrogens (primary N) is 1. The highest BCUT2D eigenvalue weighted by Crippen LogP contribution is 2.28. The van der Waals surface area contributed by atoms with Crippen LogP contribution in [0.4, 0.5) is 0 Å². The van der Waals surface area contributed by atoms with Crippen LogP contribution in [-0.2, 0) is 6.54 Å². The maximum absolute atomic E-state index is 12.9. The van der Waals surface area contributed by atoms with E-state index >= 15 is 0 Å². The molecule has 0 spiro atoms. The van der Waals surface area contributed by atoms with Crippen LogP contribution in [0.15, 0.2) is 48.5 Å². The number of halogens is 1. The molecule has 0 aromatic heterocycles. The van der Waals surface area contributed by atoms with Gasteiger partial charge in [0.25, 0.3) is 5.91 Å². The van der Waals surface area contributed by atoms with Crippen molar-refractivity contribution in [2.75, 3.05) is 27.3 Å². The van der Waals surface area contributed by atoms with E-state index in [2.05, 4.69) is 0 Å². The van der Waals surface area contributed by atoms with Crippen LogP contribution in [0.25, 0.3) is 0 Å². The van der Waals surface area contributed by atoms with Crippen LogP contribution in [0, 0.1) is 0 Å². The summed E-state index contributed by atoms with van der Waals surface area (Å²) in [4.78, 5) is 14.7. The summed E-state index contributed by atoms with van der Waals surface area (Å²) in [6.07, 6.45) is 0.756. The zero-order valence-corrected chi connectivity index (χ0v) is 15.4. The number of methoxy groups -OCH3 is 2. The zero-order valence-electron chi connectivity index (χ0n) is 14.6. The molecule has 0 aliphatic heterocycles. The van der Waals surface area contributed by atoms with Gasteiger partial charge in [0, 0.05) is 18.7 Å². The largest absolute Gasteiger partial charge is 0.493 e. The fraction of sp³-hybridized carbons (Fsp3) is 0.316. The Morgan fingerprint density at radius 3 is 2.32 bits per heavy atom. The quantitative estimate of drug-likeness (QED) is 0.781. The second kappa shape index (κ2) is 10.6. The monoisotopic (exact) mass is 364 g/mol. The van der Waals surface area contributed by atoms with E-state index in [4.69, 9.17) is 15.2 Å². The predicted octanol–water partition coefficient (Wildman–Crippen LogP) is 3.12. The summed E-state index contributed by atoms with van der Waals surface area (Å²) in [6, 6.07) is 15.1. The standard InChI is InChI=1S/C19H24N2O3.ClH/c1-23-17-10-9-16(13-18(17)24-2)19(22)21(12-6-11-20)14-15-7-4-3-5-8-15;/h3-5,7-10,13H,6,11-12,14,20H2,1-2H3;1H. The van der Waals surface area contributed by atoms with E-state index in [1.807, 2.05) is 35.2 Å². The maximum Gasteiger partial charge on any atom is 0.254 e. The minimum atomic E-state index is -0.0479. The third-order valence-electron chi connectivity index (χ3n) is 3.77. The van der Waals surface area contributed by atoms with Crippen LogP contribution in [0.3, 0.4) is 0 Å². The topological polar surface area (TPSA) is 64.8 Å². The average molecular weight is 365 g/mol. The third-order valence-corrected chi connectivity index (χ3v) is 3.77. The number of carbonyl (C=O) groups excluding carboxylic acids is 1. The van der Waals surface area contributed by atoms with Gasteiger partial charge in [0.1, 0.15) is 0 Å². The highest BCUT2D eigenvalue weighted by Gasteiger charge is 2.18. The molecule has 0 saturated heterocycles. The van der Waals surface area contributed by atoms with Crippen LogP contribution >= 0.6 is 12.4 Å². The van der Waals surface area contributed by atoms with Gasteiger partial charge in [-0.15, -0.1) is 12.4 Å². The van der Waals surface area contributed by atoms with Gasteiger partial charge in [-0.2, -0.15) is 0 Å². The highest BCUT2D eigenvalue weighted by molar-refractivity contribution is 5.95. The second-order valence-electron chi connectivity index (χ2n) is 5.42. The van der Waals surface area contributed by atoms with Gasteiger partial charge in [0.15, 0.2) is 11.5 Å². The molecule has 0 atom stereocenters. The van der Waals surface area contributed by atoms with Crippen molar-refractivity contribution in [1.82, 2.24) is 4.90 Å². The number of amides is 1. The molecule has 0 unspecified atom stereocenters. The number of carbonyl (C=O) groups is 1. The van der Waals surface area contributed by atoms with Gasteiger partial charge in [0.2, 0.25) is 0 Å². The molecule has 5 nitrogen and oxygen atoms in total. The van der Waals surface area contributed by atoms with E-state index in [1.54, 1.807) is 32.4 Å². The van der Waals surface area contributed by atoms with Crippen LogP contribution in [0.2, 0.25) is 0 Å². The van der Waals surface area contributed by atoms with Gasteiger partial charge in [-0.05, 0) is 36.7 Å². The smallest absolute Gasteiger partial charge is 0.254 e. The maximum atomic E-state index is 12.9. The number of benzene rings is 2. The van der Waals surface area contributed by atoms with Crippen LogP contribution < -0.4 is 15.2 Å². The Morgan fingerprint density at radius 1 is 1.04 bits per heavy atom. The van der Waals surface area contributed by atoms with E-state index in [1.165, 1.54) is 0 Å². The van der Waals surface area contributed by atoms with Crippen molar-refractivity contribution in [2.24, 2.45) is 5.73 Å². The van der Waals surface area contributed by atoms with Crippen molar-refractivity contribution in [3.63, 3.8) is 0 Å². The molecule has 2 aromatic carbocycles. The summed E-state index contributed by atoms with van der Waals surface area (Å²) in [5.41, 5.74) is 7.27. The average Bonchev–Trinajstić information content (AvgIpc) is 2.64. The van der Waals surface area contributed by atoms with Gasteiger partial charge in [-0.25, -0.2) is 0 Å². The fourth-order valence-corrected chi connectivity index (χ4v) is 2.49. The molecule has 136 valence electrons. The van der Waals surface area contributed by atoms with Gasteiger partial charge < -0.3 is 20.1 Å². The van der Waals surface area contributed by atoms with Crippen molar-refractivity contribution < 1.29 is 14.3 Å². The van der Waals surface area contributed by atoms with Crippen molar-refractivity contribution in [3.05, 3.63) is 59.7 Å². The molecule has 0 aliphatic carbocycles. The summed E-state index contributed by atoms with van der Waals surface area (Å²) in [5.74, 6) is 1.10. The first-order valence-electron chi connectivity index (χ1n) is 7.95. The van der Waals surface area contributed by atoms with Gasteiger partial charge >= 0.3 is 0 Å². The SMILES string of the molecule is COc1ccc(C(=O)N(CCCN)Cc2ccccc2)cc1OC.Cl. The number of hydrogen-bond donors (Lipinski definition) is 1. The molecular weight excluding hydrogens is 340 g/mol. The lowest BCUT2D eigenvalue weighted by molar-refractivity contribution is 0.0742. The number of nitrogens with zero attached hydrogens (tertiary/aromatic N) is 1. The molecule has 1 amide bonds. The minimum Gasteiger partial charge on any atom is -0.493 e. The Bertz CT molecular complexity index is 665. The van der Waals surface area contributed by atoms with E-state index in [0.717, 1.165) is 12.0 Å². The van der Waals surface area contributed by atoms with Crippen molar-refractivity contribution in [2.45, 2.75) is 13.0 Å². The first-order valence-corrected chi connectivity index (χ1v) is 7.95. The van der Waals surface area contributed by atoms with Crippen molar-refractivity contribution in [1.29, 1.82) is 0 Å². The molecule has 2 aromatic rings. The lowest BCUT2D eigenvalue weighted by Crippen LogP contribution is -2.32. The number of hydrogen-bond acceptors (Lipinski definition) is 4. The van der Waals surface area contributed by atoms with Crippen molar-refractivity contribution >= 4 is 18.3 Å². The van der Waals surface area contributed by atoms with E-state index in [-0.39, 0.29) is 18.3 Å². The predicted molar refractivity (Wildman–Crippen MR) is 102 cm³/mol. The minimum absolute atomic E-state index is 0. The van der Waals surface area contributed by atoms with Crippen LogP contribution in [-0.4, -0.2) is 38.1 Å². The van der Waals surface area contributed by atoms with Gasteiger partial charge in [0.05, 0.1) is 14.2 Å². The Balaban J connectivity index is 0.00000312. The summed E-state index contributed by atoms with van der Waals surface area (Å²) in [5, 5.41) is 0. The lowest BCUT2D eigenvalue weighted by Gasteiger charge is -2.23. The highest BCUT2D eigenvalue weighted by atomic mass is 35.5. The second-order valence-corrected chi connectivity index (χ2v) is 5.42. The van der Waals surface area contributed by atoms with E-state index < -0.39 is 0 Å². The van der Waals surface area contributed by atoms with Crippen molar-refractivity contribution in [3.8, 4) is 11.5 Å². The summed E-state index contributed by atoms with van der Waals surface area (Å²) >= 11 is 0. The molecule has 2 N–H and O–H groups in total. The van der Waals surface area contributed by atoms with Crippen LogP contribution in [0.5, 0.6) is 11.5 Å². The molecule has 2 rings (SSSR count). The summed E-state index contributed by atoms with van der Waals surface area (Å²) in [6.45, 7) is 1.71. The molecule has 6 heteroatoms. The first kappa shape index (κ1) is 20.8. The molecule has 0 saturated carbocycles. The Morgan fingerprint density at radius 2 is 1.72 bits per heavy atom. The summed E-state index contributed by atoms with van der Waals surface area (Å²) < 4.78 is 10.5. The fourth-order valence-electron chi connectivity index (χ4n) is 2.49. The molecule has 25 heavy (non-hydrogen) atoms. The number of ether oxygens (including phenoxy) is 2. The molecule has 0 heterocycles. The Hall–Kier alpha value is -2.24. The van der Waals surface area contributed by atoms with Crippen LogP contribution in [0.1, 0.15) is 22.3 Å². The molecular formula is C19H25ClN2O3.